The number of hydrogen-bond acceptors (Lipinski definition) is 2. The Kier molecular flexibility index (Phi) is 5.60. The summed E-state index contributed by atoms with van der Waals surface area (Å²) in [5.41, 5.74) is 2.97. The van der Waals surface area contributed by atoms with E-state index in [4.69, 9.17) is 5.11 Å². The molecule has 0 fully saturated rings. The van der Waals surface area contributed by atoms with Crippen molar-refractivity contribution in [3.05, 3.63) is 35.4 Å². The zero-order chi connectivity index (χ0) is 14.4. The molecule has 110 valence electrons. The van der Waals surface area contributed by atoms with Crippen molar-refractivity contribution in [1.82, 2.24) is 4.90 Å². The first kappa shape index (κ1) is 15.0. The van der Waals surface area contributed by atoms with Crippen LogP contribution in [-0.4, -0.2) is 29.1 Å². The van der Waals surface area contributed by atoms with Crippen molar-refractivity contribution in [1.29, 1.82) is 0 Å². The number of carboxylic acids is 1. The standard InChI is InChI=1S/C17H25NO2/c1-14(12-17(19)20)6-4-5-10-18-11-9-15-7-2-3-8-16(15)13-18/h2-3,7-8,14H,4-6,9-13H2,1H3,(H,19,20). The number of carbonyl (C=O) groups is 1. The van der Waals surface area contributed by atoms with E-state index in [0.29, 0.717) is 12.3 Å². The van der Waals surface area contributed by atoms with Gasteiger partial charge in [-0.2, -0.15) is 0 Å². The monoisotopic (exact) mass is 275 g/mol. The van der Waals surface area contributed by atoms with Crippen molar-refractivity contribution >= 4 is 5.97 Å². The molecule has 20 heavy (non-hydrogen) atoms. The normalized spacial score (nSPS) is 16.6. The van der Waals surface area contributed by atoms with Gasteiger partial charge >= 0.3 is 5.97 Å². The summed E-state index contributed by atoms with van der Waals surface area (Å²) in [6.45, 7) is 5.39. The summed E-state index contributed by atoms with van der Waals surface area (Å²) in [5, 5.41) is 8.73. The lowest BCUT2D eigenvalue weighted by atomic mass is 9.98. The van der Waals surface area contributed by atoms with Crippen molar-refractivity contribution in [3.8, 4) is 0 Å². The van der Waals surface area contributed by atoms with Gasteiger partial charge in [0.25, 0.3) is 0 Å². The first-order chi connectivity index (χ1) is 9.65. The lowest BCUT2D eigenvalue weighted by Gasteiger charge is -2.28. The van der Waals surface area contributed by atoms with Crippen LogP contribution in [0.15, 0.2) is 24.3 Å². The van der Waals surface area contributed by atoms with Gasteiger partial charge in [-0.3, -0.25) is 9.69 Å². The summed E-state index contributed by atoms with van der Waals surface area (Å²) in [6.07, 6.45) is 4.79. The van der Waals surface area contributed by atoms with Gasteiger partial charge in [-0.15, -0.1) is 0 Å². The highest BCUT2D eigenvalue weighted by atomic mass is 16.4. The largest absolute Gasteiger partial charge is 0.481 e. The van der Waals surface area contributed by atoms with Crippen LogP contribution in [0, 0.1) is 5.92 Å². The van der Waals surface area contributed by atoms with E-state index in [9.17, 15) is 4.79 Å². The molecule has 1 unspecified atom stereocenters. The second kappa shape index (κ2) is 7.44. The van der Waals surface area contributed by atoms with E-state index < -0.39 is 5.97 Å². The fourth-order valence-corrected chi connectivity index (χ4v) is 2.97. The highest BCUT2D eigenvalue weighted by Gasteiger charge is 2.15. The Bertz CT molecular complexity index is 444. The molecule has 1 N–H and O–H groups in total. The fraction of sp³-hybridized carbons (Fsp3) is 0.588. The molecule has 1 heterocycles. The van der Waals surface area contributed by atoms with E-state index in [1.807, 2.05) is 6.92 Å². The Morgan fingerprint density at radius 2 is 2.05 bits per heavy atom. The number of carboxylic acid groups (broad SMARTS) is 1. The molecule has 1 aliphatic heterocycles. The summed E-state index contributed by atoms with van der Waals surface area (Å²) < 4.78 is 0. The predicted octanol–water partition coefficient (Wildman–Crippen LogP) is 3.33. The number of fused-ring (bicyclic) bond motifs is 1. The van der Waals surface area contributed by atoms with Crippen LogP contribution < -0.4 is 0 Å². The number of rotatable bonds is 7. The summed E-state index contributed by atoms with van der Waals surface area (Å²) in [4.78, 5) is 13.1. The molecule has 0 bridgehead atoms. The van der Waals surface area contributed by atoms with Gasteiger partial charge in [-0.1, -0.05) is 44.0 Å². The molecule has 0 saturated heterocycles. The number of aliphatic carboxylic acids is 1. The van der Waals surface area contributed by atoms with Crippen LogP contribution in [0.1, 0.15) is 43.7 Å². The minimum Gasteiger partial charge on any atom is -0.481 e. The maximum atomic E-state index is 10.6. The van der Waals surface area contributed by atoms with Crippen LogP contribution in [0.2, 0.25) is 0 Å². The molecule has 0 saturated carbocycles. The van der Waals surface area contributed by atoms with Crippen LogP contribution in [0.4, 0.5) is 0 Å². The number of hydrogen-bond donors (Lipinski definition) is 1. The van der Waals surface area contributed by atoms with Crippen molar-refractivity contribution in [2.45, 2.75) is 45.6 Å². The molecule has 0 aromatic heterocycles. The Hall–Kier alpha value is -1.35. The molecular formula is C17H25NO2. The number of unbranched alkanes of at least 4 members (excludes halogenated alkanes) is 1. The van der Waals surface area contributed by atoms with E-state index in [0.717, 1.165) is 38.9 Å². The molecule has 0 amide bonds. The quantitative estimate of drug-likeness (QED) is 0.776. The first-order valence-corrected chi connectivity index (χ1v) is 7.66. The van der Waals surface area contributed by atoms with E-state index in [1.165, 1.54) is 17.5 Å². The Morgan fingerprint density at radius 3 is 2.80 bits per heavy atom. The van der Waals surface area contributed by atoms with Crippen LogP contribution >= 0.6 is 0 Å². The summed E-state index contributed by atoms with van der Waals surface area (Å²) in [7, 11) is 0. The minimum absolute atomic E-state index is 0.301. The highest BCUT2D eigenvalue weighted by molar-refractivity contribution is 5.66. The SMILES string of the molecule is CC(CCCCN1CCc2ccccc2C1)CC(=O)O. The van der Waals surface area contributed by atoms with E-state index in [1.54, 1.807) is 0 Å². The smallest absolute Gasteiger partial charge is 0.303 e. The topological polar surface area (TPSA) is 40.5 Å². The third-order valence-corrected chi connectivity index (χ3v) is 4.15. The van der Waals surface area contributed by atoms with E-state index >= 15 is 0 Å². The maximum absolute atomic E-state index is 10.6. The number of nitrogens with zero attached hydrogens (tertiary/aromatic N) is 1. The molecule has 0 radical (unpaired) electrons. The van der Waals surface area contributed by atoms with Crippen molar-refractivity contribution in [2.24, 2.45) is 5.92 Å². The zero-order valence-corrected chi connectivity index (χ0v) is 12.3. The molecule has 3 nitrogen and oxygen atoms in total. The maximum Gasteiger partial charge on any atom is 0.303 e. The molecule has 0 spiro atoms. The van der Waals surface area contributed by atoms with Crippen LogP contribution in [-0.2, 0) is 17.8 Å². The van der Waals surface area contributed by atoms with Gasteiger partial charge in [-0.05, 0) is 36.4 Å². The first-order valence-electron chi connectivity index (χ1n) is 7.66. The van der Waals surface area contributed by atoms with Gasteiger partial charge in [-0.25, -0.2) is 0 Å². The summed E-state index contributed by atoms with van der Waals surface area (Å²) in [6, 6.07) is 8.71. The summed E-state index contributed by atoms with van der Waals surface area (Å²) in [5.74, 6) is -0.375. The van der Waals surface area contributed by atoms with Crippen LogP contribution in [0.5, 0.6) is 0 Å². The molecule has 1 aliphatic rings. The highest BCUT2D eigenvalue weighted by Crippen LogP contribution is 2.19. The van der Waals surface area contributed by atoms with E-state index in [2.05, 4.69) is 29.2 Å². The van der Waals surface area contributed by atoms with Gasteiger partial charge < -0.3 is 5.11 Å². The van der Waals surface area contributed by atoms with Gasteiger partial charge in [0.15, 0.2) is 0 Å². The second-order valence-electron chi connectivity index (χ2n) is 5.99. The minimum atomic E-state index is -0.676. The lowest BCUT2D eigenvalue weighted by Crippen LogP contribution is -2.31. The molecule has 1 aromatic rings. The zero-order valence-electron chi connectivity index (χ0n) is 12.3. The van der Waals surface area contributed by atoms with Gasteiger partial charge in [0.1, 0.15) is 0 Å². The predicted molar refractivity (Wildman–Crippen MR) is 80.7 cm³/mol. The number of benzene rings is 1. The Morgan fingerprint density at radius 1 is 1.30 bits per heavy atom. The van der Waals surface area contributed by atoms with Gasteiger partial charge in [0, 0.05) is 19.5 Å². The molecule has 1 atom stereocenters. The van der Waals surface area contributed by atoms with Crippen LogP contribution in [0.25, 0.3) is 0 Å². The van der Waals surface area contributed by atoms with E-state index in [-0.39, 0.29) is 0 Å². The molecule has 1 aromatic carbocycles. The third-order valence-electron chi connectivity index (χ3n) is 4.15. The average Bonchev–Trinajstić information content (AvgIpc) is 2.43. The van der Waals surface area contributed by atoms with Crippen molar-refractivity contribution < 1.29 is 9.90 Å². The lowest BCUT2D eigenvalue weighted by molar-refractivity contribution is -0.138. The average molecular weight is 275 g/mol. The Labute approximate surface area is 121 Å². The van der Waals surface area contributed by atoms with Crippen molar-refractivity contribution in [2.75, 3.05) is 13.1 Å². The molecule has 3 heteroatoms. The molecule has 0 aliphatic carbocycles. The van der Waals surface area contributed by atoms with Crippen LogP contribution in [0.3, 0.4) is 0 Å². The molecular weight excluding hydrogens is 250 g/mol. The fourth-order valence-electron chi connectivity index (χ4n) is 2.97. The molecule has 2 rings (SSSR count). The summed E-state index contributed by atoms with van der Waals surface area (Å²) >= 11 is 0. The van der Waals surface area contributed by atoms with Crippen molar-refractivity contribution in [3.63, 3.8) is 0 Å². The van der Waals surface area contributed by atoms with Gasteiger partial charge in [0.05, 0.1) is 0 Å². The van der Waals surface area contributed by atoms with Gasteiger partial charge in [0.2, 0.25) is 0 Å². The third kappa shape index (κ3) is 4.64. The second-order valence-corrected chi connectivity index (χ2v) is 5.99. The Balaban J connectivity index is 1.65.